The summed E-state index contributed by atoms with van der Waals surface area (Å²) in [6, 6.07) is 4.40. The molecule has 2 heterocycles. The molecule has 24 heavy (non-hydrogen) atoms. The van der Waals surface area contributed by atoms with Gasteiger partial charge >= 0.3 is 5.97 Å². The maximum Gasteiger partial charge on any atom is 0.337 e. The molecule has 3 rings (SSSR count). The molecule has 1 unspecified atom stereocenters. The van der Waals surface area contributed by atoms with Gasteiger partial charge in [0.25, 0.3) is 0 Å². The summed E-state index contributed by atoms with van der Waals surface area (Å²) < 4.78 is 9.81. The third kappa shape index (κ3) is 2.99. The van der Waals surface area contributed by atoms with E-state index in [-0.39, 0.29) is 11.8 Å². The van der Waals surface area contributed by atoms with Crippen molar-refractivity contribution >= 4 is 23.5 Å². The number of nitrogens with one attached hydrogen (secondary N) is 2. The Balaban J connectivity index is 1.73. The highest BCUT2D eigenvalue weighted by atomic mass is 16.5. The molecule has 1 fully saturated rings. The molecule has 0 spiro atoms. The molecule has 1 aromatic carbocycles. The predicted octanol–water partition coefficient (Wildman–Crippen LogP) is 0.879. The van der Waals surface area contributed by atoms with Crippen LogP contribution in [-0.2, 0) is 25.5 Å². The number of amides is 2. The standard InChI is InChI=1S/C17H20N2O5/c1-17(8-24-9-17)16(22)19-13-6-3-10-7-11(15(21)23-2)4-5-12(10)18-14(13)20/h4-5,7,13H,3,6,8-9H2,1-2H3,(H,18,20)(H,19,22). The number of benzene rings is 1. The van der Waals surface area contributed by atoms with E-state index >= 15 is 0 Å². The van der Waals surface area contributed by atoms with Crippen molar-refractivity contribution in [2.24, 2.45) is 5.41 Å². The van der Waals surface area contributed by atoms with Crippen molar-refractivity contribution in [1.82, 2.24) is 5.32 Å². The number of ether oxygens (including phenoxy) is 2. The molecule has 0 saturated carbocycles. The van der Waals surface area contributed by atoms with Gasteiger partial charge in [0, 0.05) is 5.69 Å². The van der Waals surface area contributed by atoms with E-state index < -0.39 is 17.4 Å². The zero-order chi connectivity index (χ0) is 17.3. The SMILES string of the molecule is COC(=O)c1ccc2c(c1)CCC(NC(=O)C1(C)COC1)C(=O)N2. The first-order chi connectivity index (χ1) is 11.4. The zero-order valence-electron chi connectivity index (χ0n) is 13.7. The molecule has 1 saturated heterocycles. The van der Waals surface area contributed by atoms with Gasteiger partial charge in [0.1, 0.15) is 6.04 Å². The molecule has 7 nitrogen and oxygen atoms in total. The van der Waals surface area contributed by atoms with Crippen molar-refractivity contribution in [2.75, 3.05) is 25.6 Å². The molecular weight excluding hydrogens is 312 g/mol. The Hall–Kier alpha value is -2.41. The Morgan fingerprint density at radius 2 is 2.12 bits per heavy atom. The molecule has 7 heteroatoms. The maximum absolute atomic E-state index is 12.4. The fraction of sp³-hybridized carbons (Fsp3) is 0.471. The number of fused-ring (bicyclic) bond motifs is 1. The molecule has 1 atom stereocenters. The van der Waals surface area contributed by atoms with Gasteiger partial charge in [0.05, 0.1) is 31.3 Å². The predicted molar refractivity (Wildman–Crippen MR) is 85.6 cm³/mol. The van der Waals surface area contributed by atoms with Gasteiger partial charge in [-0.15, -0.1) is 0 Å². The Bertz CT molecular complexity index is 696. The molecule has 2 aliphatic rings. The van der Waals surface area contributed by atoms with Crippen LogP contribution in [0.3, 0.4) is 0 Å². The van der Waals surface area contributed by atoms with Crippen LogP contribution in [0.5, 0.6) is 0 Å². The summed E-state index contributed by atoms with van der Waals surface area (Å²) in [5.41, 5.74) is 1.38. The van der Waals surface area contributed by atoms with E-state index in [4.69, 9.17) is 9.47 Å². The van der Waals surface area contributed by atoms with E-state index in [1.165, 1.54) is 7.11 Å². The highest BCUT2D eigenvalue weighted by Crippen LogP contribution is 2.28. The molecule has 2 amide bonds. The minimum absolute atomic E-state index is 0.171. The van der Waals surface area contributed by atoms with Crippen LogP contribution in [0.25, 0.3) is 0 Å². The van der Waals surface area contributed by atoms with E-state index in [2.05, 4.69) is 10.6 Å². The smallest absolute Gasteiger partial charge is 0.337 e. The average molecular weight is 332 g/mol. The highest BCUT2D eigenvalue weighted by Gasteiger charge is 2.42. The van der Waals surface area contributed by atoms with Crippen molar-refractivity contribution in [3.8, 4) is 0 Å². The number of esters is 1. The zero-order valence-corrected chi connectivity index (χ0v) is 13.7. The van der Waals surface area contributed by atoms with Gasteiger partial charge in [0.2, 0.25) is 11.8 Å². The van der Waals surface area contributed by atoms with Gasteiger partial charge in [-0.3, -0.25) is 9.59 Å². The summed E-state index contributed by atoms with van der Waals surface area (Å²) in [7, 11) is 1.33. The van der Waals surface area contributed by atoms with Crippen LogP contribution in [0.1, 0.15) is 29.3 Å². The van der Waals surface area contributed by atoms with Crippen molar-refractivity contribution in [3.63, 3.8) is 0 Å². The van der Waals surface area contributed by atoms with Gasteiger partial charge in [-0.1, -0.05) is 0 Å². The van der Waals surface area contributed by atoms with Crippen molar-refractivity contribution < 1.29 is 23.9 Å². The fourth-order valence-corrected chi connectivity index (χ4v) is 2.83. The molecule has 0 radical (unpaired) electrons. The summed E-state index contributed by atoms with van der Waals surface area (Å²) in [4.78, 5) is 36.3. The average Bonchev–Trinajstić information content (AvgIpc) is 2.70. The summed E-state index contributed by atoms with van der Waals surface area (Å²) in [6.07, 6.45) is 1.03. The lowest BCUT2D eigenvalue weighted by molar-refractivity contribution is -0.159. The van der Waals surface area contributed by atoms with Crippen molar-refractivity contribution in [3.05, 3.63) is 29.3 Å². The summed E-state index contributed by atoms with van der Waals surface area (Å²) >= 11 is 0. The van der Waals surface area contributed by atoms with Crippen LogP contribution in [0, 0.1) is 5.41 Å². The lowest BCUT2D eigenvalue weighted by Crippen LogP contribution is -2.56. The number of anilines is 1. The monoisotopic (exact) mass is 332 g/mol. The number of hydrogen-bond acceptors (Lipinski definition) is 5. The molecule has 128 valence electrons. The van der Waals surface area contributed by atoms with E-state index in [9.17, 15) is 14.4 Å². The van der Waals surface area contributed by atoms with Crippen LogP contribution in [-0.4, -0.2) is 44.1 Å². The van der Waals surface area contributed by atoms with Crippen LogP contribution in [0.15, 0.2) is 18.2 Å². The van der Waals surface area contributed by atoms with E-state index in [1.807, 2.05) is 6.92 Å². The minimum Gasteiger partial charge on any atom is -0.465 e. The normalized spacial score (nSPS) is 21.6. The van der Waals surface area contributed by atoms with Crippen LogP contribution >= 0.6 is 0 Å². The topological polar surface area (TPSA) is 93.7 Å². The second-order valence-electron chi connectivity index (χ2n) is 6.47. The number of rotatable bonds is 3. The van der Waals surface area contributed by atoms with Crippen LogP contribution < -0.4 is 10.6 Å². The van der Waals surface area contributed by atoms with Crippen LogP contribution in [0.2, 0.25) is 0 Å². The van der Waals surface area contributed by atoms with Crippen molar-refractivity contribution in [1.29, 1.82) is 0 Å². The molecule has 0 bridgehead atoms. The highest BCUT2D eigenvalue weighted by molar-refractivity contribution is 6.00. The third-order valence-electron chi connectivity index (χ3n) is 4.50. The number of hydrogen-bond donors (Lipinski definition) is 2. The molecule has 2 N–H and O–H groups in total. The Kier molecular flexibility index (Phi) is 4.28. The van der Waals surface area contributed by atoms with Crippen molar-refractivity contribution in [2.45, 2.75) is 25.8 Å². The van der Waals surface area contributed by atoms with Gasteiger partial charge in [-0.05, 0) is 43.5 Å². The largest absolute Gasteiger partial charge is 0.465 e. The van der Waals surface area contributed by atoms with Gasteiger partial charge in [0.15, 0.2) is 0 Å². The van der Waals surface area contributed by atoms with Gasteiger partial charge in [-0.25, -0.2) is 4.79 Å². The first-order valence-electron chi connectivity index (χ1n) is 7.84. The second-order valence-corrected chi connectivity index (χ2v) is 6.47. The number of carbonyl (C=O) groups is 3. The summed E-state index contributed by atoms with van der Waals surface area (Å²) in [6.45, 7) is 2.56. The molecular formula is C17H20N2O5. The van der Waals surface area contributed by atoms with Crippen LogP contribution in [0.4, 0.5) is 5.69 Å². The van der Waals surface area contributed by atoms with Gasteiger partial charge in [-0.2, -0.15) is 0 Å². The first kappa shape index (κ1) is 16.4. The third-order valence-corrected chi connectivity index (χ3v) is 4.50. The number of aryl methyl sites for hydroxylation is 1. The first-order valence-corrected chi connectivity index (χ1v) is 7.84. The lowest BCUT2D eigenvalue weighted by atomic mass is 9.87. The molecule has 1 aromatic rings. The summed E-state index contributed by atoms with van der Waals surface area (Å²) in [5.74, 6) is -0.844. The Morgan fingerprint density at radius 3 is 2.75 bits per heavy atom. The summed E-state index contributed by atoms with van der Waals surface area (Å²) in [5, 5.41) is 5.62. The minimum atomic E-state index is -0.607. The Labute approximate surface area is 139 Å². The van der Waals surface area contributed by atoms with E-state index in [0.29, 0.717) is 37.3 Å². The number of carbonyl (C=O) groups excluding carboxylic acids is 3. The van der Waals surface area contributed by atoms with E-state index in [1.54, 1.807) is 18.2 Å². The molecule has 2 aliphatic heterocycles. The van der Waals surface area contributed by atoms with Gasteiger partial charge < -0.3 is 20.1 Å². The fourth-order valence-electron chi connectivity index (χ4n) is 2.83. The number of methoxy groups -OCH3 is 1. The lowest BCUT2D eigenvalue weighted by Gasteiger charge is -2.37. The Morgan fingerprint density at radius 1 is 1.38 bits per heavy atom. The quantitative estimate of drug-likeness (QED) is 0.802. The molecule has 0 aliphatic carbocycles. The van der Waals surface area contributed by atoms with E-state index in [0.717, 1.165) is 5.56 Å². The molecule has 0 aromatic heterocycles. The maximum atomic E-state index is 12.4. The second kappa shape index (κ2) is 6.24.